The molecule has 0 aromatic heterocycles. The van der Waals surface area contributed by atoms with Crippen LogP contribution in [0.2, 0.25) is 0 Å². The van der Waals surface area contributed by atoms with Gasteiger partial charge in [0.25, 0.3) is 0 Å². The van der Waals surface area contributed by atoms with Gasteiger partial charge in [0.05, 0.1) is 0 Å². The van der Waals surface area contributed by atoms with E-state index in [1.807, 2.05) is 12.1 Å². The van der Waals surface area contributed by atoms with E-state index in [-0.39, 0.29) is 5.91 Å². The van der Waals surface area contributed by atoms with Gasteiger partial charge in [0.1, 0.15) is 0 Å². The van der Waals surface area contributed by atoms with Crippen LogP contribution in [0.15, 0.2) is 30.3 Å². The van der Waals surface area contributed by atoms with Crippen molar-refractivity contribution >= 4 is 23.0 Å². The van der Waals surface area contributed by atoms with Crippen LogP contribution in [-0.4, -0.2) is 35.5 Å². The van der Waals surface area contributed by atoms with Crippen LogP contribution in [0.4, 0.5) is 0 Å². The number of ketones is 2. The zero-order valence-electron chi connectivity index (χ0n) is 12.4. The van der Waals surface area contributed by atoms with Gasteiger partial charge < -0.3 is 4.90 Å². The highest BCUT2D eigenvalue weighted by atomic mass is 16.2. The average Bonchev–Trinajstić information content (AvgIpc) is 2.48. The van der Waals surface area contributed by atoms with Crippen molar-refractivity contribution in [2.75, 3.05) is 13.1 Å². The first-order valence-electron chi connectivity index (χ1n) is 7.18. The lowest BCUT2D eigenvalue weighted by atomic mass is 9.89. The number of allylic oxidation sites excluding steroid dienone is 1. The summed E-state index contributed by atoms with van der Waals surface area (Å²) in [5.74, 6) is -1.01. The van der Waals surface area contributed by atoms with Crippen molar-refractivity contribution < 1.29 is 14.4 Å². The van der Waals surface area contributed by atoms with E-state index < -0.39 is 11.6 Å². The lowest BCUT2D eigenvalue weighted by molar-refractivity contribution is -0.128. The molecule has 0 saturated heterocycles. The molecule has 0 heterocycles. The lowest BCUT2D eigenvalue weighted by Crippen LogP contribution is -2.33. The first-order valence-corrected chi connectivity index (χ1v) is 7.18. The lowest BCUT2D eigenvalue weighted by Gasteiger charge is -2.25. The minimum atomic E-state index is -0.511. The number of benzene rings is 1. The molecule has 0 bridgehead atoms. The summed E-state index contributed by atoms with van der Waals surface area (Å²) in [6, 6.07) is 7.06. The normalized spacial score (nSPS) is 13.7. The van der Waals surface area contributed by atoms with Crippen LogP contribution < -0.4 is 0 Å². The fourth-order valence-corrected chi connectivity index (χ4v) is 2.43. The second-order valence-electron chi connectivity index (χ2n) is 5.20. The second-order valence-corrected chi connectivity index (χ2v) is 5.20. The molecule has 21 heavy (non-hydrogen) atoms. The molecule has 2 rings (SSSR count). The van der Waals surface area contributed by atoms with Crippen molar-refractivity contribution in [1.82, 2.24) is 4.90 Å². The van der Waals surface area contributed by atoms with Crippen molar-refractivity contribution in [3.05, 3.63) is 41.5 Å². The zero-order chi connectivity index (χ0) is 15.4. The summed E-state index contributed by atoms with van der Waals surface area (Å²) in [5.41, 5.74) is 1.92. The smallest absolute Gasteiger partial charge is 0.233 e. The second kappa shape index (κ2) is 6.48. The molecule has 1 amide bonds. The number of fused-ring (bicyclic) bond motifs is 1. The Kier molecular flexibility index (Phi) is 4.68. The summed E-state index contributed by atoms with van der Waals surface area (Å²) < 4.78 is 0. The van der Waals surface area contributed by atoms with E-state index in [2.05, 4.69) is 6.92 Å². The van der Waals surface area contributed by atoms with Gasteiger partial charge in [-0.25, -0.2) is 0 Å². The molecule has 4 heteroatoms. The number of rotatable bonds is 5. The molecule has 4 nitrogen and oxygen atoms in total. The quantitative estimate of drug-likeness (QED) is 0.781. The molecule has 110 valence electrons. The fraction of sp³-hybridized carbons (Fsp3) is 0.353. The Hall–Kier alpha value is -2.23. The molecule has 0 aliphatic heterocycles. The highest BCUT2D eigenvalue weighted by Crippen LogP contribution is 2.25. The van der Waals surface area contributed by atoms with Crippen molar-refractivity contribution in [2.24, 2.45) is 0 Å². The van der Waals surface area contributed by atoms with Crippen molar-refractivity contribution in [3.8, 4) is 0 Å². The summed E-state index contributed by atoms with van der Waals surface area (Å²) in [6.07, 6.45) is 3.28. The third-order valence-electron chi connectivity index (χ3n) is 3.63. The zero-order valence-corrected chi connectivity index (χ0v) is 12.4. The Morgan fingerprint density at radius 1 is 1.14 bits per heavy atom. The van der Waals surface area contributed by atoms with E-state index >= 15 is 0 Å². The summed E-state index contributed by atoms with van der Waals surface area (Å²) in [7, 11) is 0. The fourth-order valence-electron chi connectivity index (χ4n) is 2.43. The molecule has 0 unspecified atom stereocenters. The maximum Gasteiger partial charge on any atom is 0.233 e. The van der Waals surface area contributed by atoms with Gasteiger partial charge >= 0.3 is 0 Å². The van der Waals surface area contributed by atoms with E-state index in [0.29, 0.717) is 18.7 Å². The molecule has 1 aliphatic rings. The molecule has 1 aliphatic carbocycles. The van der Waals surface area contributed by atoms with Gasteiger partial charge in [-0.3, -0.25) is 14.4 Å². The summed E-state index contributed by atoms with van der Waals surface area (Å²) >= 11 is 0. The number of carbonyl (C=O) groups excluding carboxylic acids is 3. The summed E-state index contributed by atoms with van der Waals surface area (Å²) in [6.45, 7) is 4.62. The number of hydrogen-bond acceptors (Lipinski definition) is 3. The third-order valence-corrected chi connectivity index (χ3v) is 3.63. The topological polar surface area (TPSA) is 54.5 Å². The minimum absolute atomic E-state index is 0.0221. The largest absolute Gasteiger partial charge is 0.339 e. The van der Waals surface area contributed by atoms with Crippen LogP contribution in [0.5, 0.6) is 0 Å². The van der Waals surface area contributed by atoms with E-state index in [0.717, 1.165) is 24.0 Å². The van der Waals surface area contributed by atoms with Crippen LogP contribution >= 0.6 is 0 Å². The third kappa shape index (κ3) is 3.27. The highest BCUT2D eigenvalue weighted by molar-refractivity contribution is 6.50. The van der Waals surface area contributed by atoms with Gasteiger partial charge in [0.15, 0.2) is 0 Å². The monoisotopic (exact) mass is 285 g/mol. The Bertz CT molecular complexity index is 616. The van der Waals surface area contributed by atoms with Crippen LogP contribution in [-0.2, 0) is 9.59 Å². The SMILES string of the molecule is CCCCN(CC1=CC(=O)C(=O)c2ccccc21)C(C)=O. The van der Waals surface area contributed by atoms with E-state index in [1.165, 1.54) is 13.0 Å². The van der Waals surface area contributed by atoms with Crippen LogP contribution in [0.3, 0.4) is 0 Å². The predicted octanol–water partition coefficient (Wildman–Crippen LogP) is 2.48. The first-order chi connectivity index (χ1) is 10.0. The standard InChI is InChI=1S/C17H19NO3/c1-3-4-9-18(12(2)19)11-13-10-16(20)17(21)15-8-6-5-7-14(13)15/h5-8,10H,3-4,9,11H2,1-2H3. The van der Waals surface area contributed by atoms with Crippen LogP contribution in [0.25, 0.3) is 5.57 Å². The molecule has 0 atom stereocenters. The Balaban J connectivity index is 2.30. The number of nitrogens with zero attached hydrogens (tertiary/aromatic N) is 1. The Morgan fingerprint density at radius 3 is 2.43 bits per heavy atom. The predicted molar refractivity (Wildman–Crippen MR) is 80.9 cm³/mol. The number of hydrogen-bond donors (Lipinski definition) is 0. The molecule has 1 aromatic carbocycles. The first kappa shape index (κ1) is 15.2. The van der Waals surface area contributed by atoms with E-state index in [4.69, 9.17) is 0 Å². The molecule has 0 radical (unpaired) electrons. The van der Waals surface area contributed by atoms with Crippen molar-refractivity contribution in [2.45, 2.75) is 26.7 Å². The van der Waals surface area contributed by atoms with Gasteiger partial charge in [-0.05, 0) is 23.6 Å². The van der Waals surface area contributed by atoms with Gasteiger partial charge in [-0.15, -0.1) is 0 Å². The van der Waals surface area contributed by atoms with Gasteiger partial charge in [0, 0.05) is 25.6 Å². The summed E-state index contributed by atoms with van der Waals surface area (Å²) in [4.78, 5) is 37.1. The maximum atomic E-state index is 11.9. The number of unbranched alkanes of at least 4 members (excludes halogenated alkanes) is 1. The molecular weight excluding hydrogens is 266 g/mol. The minimum Gasteiger partial charge on any atom is -0.339 e. The number of carbonyl (C=O) groups is 3. The van der Waals surface area contributed by atoms with Crippen molar-refractivity contribution in [1.29, 1.82) is 0 Å². The molecule has 0 spiro atoms. The molecule has 0 fully saturated rings. The van der Waals surface area contributed by atoms with E-state index in [1.54, 1.807) is 17.0 Å². The Labute approximate surface area is 124 Å². The van der Waals surface area contributed by atoms with Gasteiger partial charge in [0.2, 0.25) is 17.5 Å². The van der Waals surface area contributed by atoms with Crippen LogP contribution in [0, 0.1) is 0 Å². The van der Waals surface area contributed by atoms with Gasteiger partial charge in [-0.1, -0.05) is 37.6 Å². The van der Waals surface area contributed by atoms with Gasteiger partial charge in [-0.2, -0.15) is 0 Å². The maximum absolute atomic E-state index is 11.9. The molecule has 0 N–H and O–H groups in total. The molecular formula is C17H19NO3. The highest BCUT2D eigenvalue weighted by Gasteiger charge is 2.26. The molecule has 1 aromatic rings. The van der Waals surface area contributed by atoms with E-state index in [9.17, 15) is 14.4 Å². The average molecular weight is 285 g/mol. The summed E-state index contributed by atoms with van der Waals surface area (Å²) in [5, 5.41) is 0. The Morgan fingerprint density at radius 2 is 1.81 bits per heavy atom. The van der Waals surface area contributed by atoms with Crippen molar-refractivity contribution in [3.63, 3.8) is 0 Å². The number of amides is 1. The number of Topliss-reactive ketones (excluding diaryl/α,β-unsaturated/α-hetero) is 1. The van der Waals surface area contributed by atoms with Crippen LogP contribution in [0.1, 0.15) is 42.6 Å². The molecule has 0 saturated carbocycles.